The third kappa shape index (κ3) is 5.08. The molecule has 1 rings (SSSR count). The Morgan fingerprint density at radius 3 is 2.18 bits per heavy atom. The van der Waals surface area contributed by atoms with Crippen LogP contribution in [0.2, 0.25) is 0 Å². The quantitative estimate of drug-likeness (QED) is 0.871. The van der Waals surface area contributed by atoms with Gasteiger partial charge in [0.15, 0.2) is 0 Å². The minimum absolute atomic E-state index is 0. The van der Waals surface area contributed by atoms with E-state index in [-0.39, 0.29) is 30.4 Å². The first-order chi connectivity index (χ1) is 9.40. The number of hydrogen-bond donors (Lipinski definition) is 1. The molecule has 10 heteroatoms. The predicted molar refractivity (Wildman–Crippen MR) is 79.1 cm³/mol. The smallest absolute Gasteiger partial charge is 0.330 e. The summed E-state index contributed by atoms with van der Waals surface area (Å²) in [4.78, 5) is 2.87. The maximum atomic E-state index is 12.4. The lowest BCUT2D eigenvalue weighted by Gasteiger charge is -2.28. The first kappa shape index (κ1) is 21.1. The Labute approximate surface area is 134 Å². The first-order valence-electron chi connectivity index (χ1n) is 6.10. The highest BCUT2D eigenvalue weighted by molar-refractivity contribution is 7.89. The van der Waals surface area contributed by atoms with Crippen LogP contribution in [-0.4, -0.2) is 37.8 Å². The van der Waals surface area contributed by atoms with Gasteiger partial charge in [-0.25, -0.2) is 12.7 Å². The zero-order chi connectivity index (χ0) is 16.5. The number of alkyl halides is 3. The van der Waals surface area contributed by atoms with E-state index in [1.54, 1.807) is 13.8 Å². The Bertz CT molecular complexity index is 589. The van der Waals surface area contributed by atoms with E-state index in [9.17, 15) is 21.6 Å². The van der Waals surface area contributed by atoms with Crippen LogP contribution < -0.4 is 5.73 Å². The third-order valence-electron chi connectivity index (χ3n) is 2.94. The van der Waals surface area contributed by atoms with Gasteiger partial charge in [0.1, 0.15) is 10.6 Å². The number of pyridine rings is 1. The van der Waals surface area contributed by atoms with Gasteiger partial charge in [-0.3, -0.25) is 4.98 Å². The number of hydrogen-bond acceptors (Lipinski definition) is 4. The maximum absolute atomic E-state index is 12.4. The van der Waals surface area contributed by atoms with Gasteiger partial charge in [0.2, 0.25) is 10.0 Å². The molecule has 1 heterocycles. The second-order valence-electron chi connectivity index (χ2n) is 5.51. The summed E-state index contributed by atoms with van der Waals surface area (Å²) in [7, 11) is -2.54. The monoisotopic (exact) mass is 361 g/mol. The van der Waals surface area contributed by atoms with E-state index in [1.807, 2.05) is 0 Å². The topological polar surface area (TPSA) is 76.3 Å². The number of rotatable bonds is 5. The zero-order valence-corrected chi connectivity index (χ0v) is 14.0. The molecule has 0 aliphatic heterocycles. The Kier molecular flexibility index (Phi) is 6.83. The SMILES string of the molecule is CN(CC(C)(C)CN)S(=O)(=O)c1ccc(C(F)(F)F)nc1.Cl. The van der Waals surface area contributed by atoms with Gasteiger partial charge in [0.25, 0.3) is 0 Å². The van der Waals surface area contributed by atoms with Gasteiger partial charge in [-0.2, -0.15) is 13.2 Å². The van der Waals surface area contributed by atoms with E-state index in [0.29, 0.717) is 12.3 Å². The molecule has 0 amide bonds. The molecule has 1 aromatic heterocycles. The van der Waals surface area contributed by atoms with Gasteiger partial charge in [-0.05, 0) is 24.1 Å². The van der Waals surface area contributed by atoms with Crippen molar-refractivity contribution in [1.29, 1.82) is 0 Å². The predicted octanol–water partition coefficient (Wildman–Crippen LogP) is 2.13. The molecule has 0 bridgehead atoms. The molecule has 0 aliphatic rings. The summed E-state index contributed by atoms with van der Waals surface area (Å²) in [6.45, 7) is 4.01. The molecular weight excluding hydrogens is 343 g/mol. The van der Waals surface area contributed by atoms with Crippen molar-refractivity contribution in [3.63, 3.8) is 0 Å². The van der Waals surface area contributed by atoms with Crippen molar-refractivity contribution in [3.05, 3.63) is 24.0 Å². The minimum Gasteiger partial charge on any atom is -0.330 e. The fourth-order valence-electron chi connectivity index (χ4n) is 1.63. The highest BCUT2D eigenvalue weighted by atomic mass is 35.5. The molecule has 0 saturated heterocycles. The molecular formula is C12H19ClF3N3O2S. The second kappa shape index (κ2) is 7.12. The number of nitrogens with zero attached hydrogens (tertiary/aromatic N) is 2. The molecule has 0 atom stereocenters. The van der Waals surface area contributed by atoms with Crippen molar-refractivity contribution < 1.29 is 21.6 Å². The number of nitrogens with two attached hydrogens (primary N) is 1. The second-order valence-corrected chi connectivity index (χ2v) is 7.55. The van der Waals surface area contributed by atoms with E-state index in [2.05, 4.69) is 4.98 Å². The summed E-state index contributed by atoms with van der Waals surface area (Å²) in [5, 5.41) is 0. The molecule has 0 spiro atoms. The average Bonchev–Trinajstić information content (AvgIpc) is 2.37. The molecule has 0 radical (unpaired) electrons. The summed E-state index contributed by atoms with van der Waals surface area (Å²) in [6, 6.07) is 1.55. The van der Waals surface area contributed by atoms with E-state index in [1.165, 1.54) is 7.05 Å². The normalized spacial score (nSPS) is 13.1. The van der Waals surface area contributed by atoms with Gasteiger partial charge in [0, 0.05) is 19.8 Å². The van der Waals surface area contributed by atoms with E-state index < -0.39 is 27.3 Å². The molecule has 0 fully saturated rings. The van der Waals surface area contributed by atoms with Gasteiger partial charge in [0.05, 0.1) is 0 Å². The third-order valence-corrected chi connectivity index (χ3v) is 4.73. The van der Waals surface area contributed by atoms with Gasteiger partial charge in [-0.15, -0.1) is 12.4 Å². The molecule has 5 nitrogen and oxygen atoms in total. The van der Waals surface area contributed by atoms with Gasteiger partial charge >= 0.3 is 6.18 Å². The average molecular weight is 362 g/mol. The molecule has 2 N–H and O–H groups in total. The zero-order valence-electron chi connectivity index (χ0n) is 12.4. The largest absolute Gasteiger partial charge is 0.433 e. The standard InChI is InChI=1S/C12H18F3N3O2S.ClH/c1-11(2,7-16)8-18(3)21(19,20)9-4-5-10(17-6-9)12(13,14)15;/h4-6H,7-8,16H2,1-3H3;1H. The highest BCUT2D eigenvalue weighted by Gasteiger charge is 2.33. The van der Waals surface area contributed by atoms with Crippen LogP contribution in [-0.2, 0) is 16.2 Å². The Hall–Kier alpha value is -0.900. The van der Waals surface area contributed by atoms with Crippen molar-refractivity contribution in [1.82, 2.24) is 9.29 Å². The van der Waals surface area contributed by atoms with Crippen LogP contribution in [0, 0.1) is 5.41 Å². The van der Waals surface area contributed by atoms with Crippen LogP contribution in [0.3, 0.4) is 0 Å². The lowest BCUT2D eigenvalue weighted by molar-refractivity contribution is -0.141. The summed E-state index contributed by atoms with van der Waals surface area (Å²) in [6.07, 6.45) is -3.89. The molecule has 0 saturated carbocycles. The number of aromatic nitrogens is 1. The molecule has 22 heavy (non-hydrogen) atoms. The summed E-state index contributed by atoms with van der Waals surface area (Å²) in [5.74, 6) is 0. The highest BCUT2D eigenvalue weighted by Crippen LogP contribution is 2.28. The van der Waals surface area contributed by atoms with E-state index >= 15 is 0 Å². The lowest BCUT2D eigenvalue weighted by Crippen LogP contribution is -2.39. The molecule has 0 aromatic carbocycles. The van der Waals surface area contributed by atoms with Crippen LogP contribution >= 0.6 is 12.4 Å². The minimum atomic E-state index is -4.60. The summed E-state index contributed by atoms with van der Waals surface area (Å²) in [5.41, 5.74) is 3.97. The molecule has 0 unspecified atom stereocenters. The Morgan fingerprint density at radius 2 is 1.82 bits per heavy atom. The van der Waals surface area contributed by atoms with E-state index in [0.717, 1.165) is 10.4 Å². The fraction of sp³-hybridized carbons (Fsp3) is 0.583. The number of halogens is 4. The molecule has 1 aromatic rings. The van der Waals surface area contributed by atoms with Crippen LogP contribution in [0.1, 0.15) is 19.5 Å². The van der Waals surface area contributed by atoms with Crippen molar-refractivity contribution in [2.75, 3.05) is 20.1 Å². The van der Waals surface area contributed by atoms with Crippen molar-refractivity contribution in [2.24, 2.45) is 11.1 Å². The molecule has 0 aliphatic carbocycles. The Morgan fingerprint density at radius 1 is 1.27 bits per heavy atom. The lowest BCUT2D eigenvalue weighted by atomic mass is 9.94. The summed E-state index contributed by atoms with van der Waals surface area (Å²) < 4.78 is 62.8. The van der Waals surface area contributed by atoms with Crippen molar-refractivity contribution >= 4 is 22.4 Å². The van der Waals surface area contributed by atoms with Gasteiger partial charge < -0.3 is 5.73 Å². The number of sulfonamides is 1. The molecule has 128 valence electrons. The first-order valence-corrected chi connectivity index (χ1v) is 7.54. The maximum Gasteiger partial charge on any atom is 0.433 e. The van der Waals surface area contributed by atoms with Crippen LogP contribution in [0.5, 0.6) is 0 Å². The van der Waals surface area contributed by atoms with Crippen molar-refractivity contribution in [3.8, 4) is 0 Å². The van der Waals surface area contributed by atoms with Gasteiger partial charge in [-0.1, -0.05) is 13.8 Å². The van der Waals surface area contributed by atoms with E-state index in [4.69, 9.17) is 5.73 Å². The van der Waals surface area contributed by atoms with Crippen LogP contribution in [0.4, 0.5) is 13.2 Å². The van der Waals surface area contributed by atoms with Crippen LogP contribution in [0.25, 0.3) is 0 Å². The fourth-order valence-corrected chi connectivity index (χ4v) is 2.94. The summed E-state index contributed by atoms with van der Waals surface area (Å²) >= 11 is 0. The van der Waals surface area contributed by atoms with Crippen LogP contribution in [0.15, 0.2) is 23.2 Å². The Balaban J connectivity index is 0.00000441. The van der Waals surface area contributed by atoms with Crippen molar-refractivity contribution in [2.45, 2.75) is 24.9 Å².